The summed E-state index contributed by atoms with van der Waals surface area (Å²) >= 11 is 0. The molecular formula is C16H19NO5. The van der Waals surface area contributed by atoms with Crippen LogP contribution in [-0.2, 0) is 0 Å². The maximum atomic E-state index is 10.9. The number of nitrogens with zero attached hydrogens (tertiary/aromatic N) is 1. The summed E-state index contributed by atoms with van der Waals surface area (Å²) in [6.45, 7) is 5.23. The number of rotatable bonds is 8. The van der Waals surface area contributed by atoms with Crippen molar-refractivity contribution in [1.82, 2.24) is 5.16 Å². The molecule has 118 valence electrons. The fourth-order valence-corrected chi connectivity index (χ4v) is 1.83. The van der Waals surface area contributed by atoms with Gasteiger partial charge in [0.25, 0.3) is 0 Å². The van der Waals surface area contributed by atoms with E-state index in [2.05, 4.69) is 5.16 Å². The quantitative estimate of drug-likeness (QED) is 0.802. The molecule has 2 rings (SSSR count). The average molecular weight is 305 g/mol. The van der Waals surface area contributed by atoms with E-state index < -0.39 is 5.97 Å². The van der Waals surface area contributed by atoms with Gasteiger partial charge in [-0.05, 0) is 31.0 Å². The predicted molar refractivity (Wildman–Crippen MR) is 80.5 cm³/mol. The van der Waals surface area contributed by atoms with E-state index in [0.29, 0.717) is 36.0 Å². The summed E-state index contributed by atoms with van der Waals surface area (Å²) in [4.78, 5) is 10.9. The molecule has 0 aliphatic heterocycles. The summed E-state index contributed by atoms with van der Waals surface area (Å²) in [5.74, 6) is 0.527. The van der Waals surface area contributed by atoms with Gasteiger partial charge in [0.1, 0.15) is 0 Å². The SMILES string of the molecule is CCCOc1ccc(-c2cc(C(=O)O)no2)cc1OCCC. The molecule has 0 aliphatic rings. The molecule has 1 aromatic heterocycles. The first kappa shape index (κ1) is 15.9. The van der Waals surface area contributed by atoms with Crippen LogP contribution in [0.4, 0.5) is 0 Å². The molecule has 0 atom stereocenters. The molecule has 1 aromatic carbocycles. The number of ether oxygens (including phenoxy) is 2. The fraction of sp³-hybridized carbons (Fsp3) is 0.375. The molecule has 0 spiro atoms. The van der Waals surface area contributed by atoms with Gasteiger partial charge in [-0.3, -0.25) is 0 Å². The number of benzene rings is 1. The summed E-state index contributed by atoms with van der Waals surface area (Å²) in [5.41, 5.74) is 0.562. The van der Waals surface area contributed by atoms with Crippen LogP contribution in [0.25, 0.3) is 11.3 Å². The Morgan fingerprint density at radius 2 is 1.82 bits per heavy atom. The third-order valence-corrected chi connectivity index (χ3v) is 2.88. The lowest BCUT2D eigenvalue weighted by atomic mass is 10.1. The van der Waals surface area contributed by atoms with Crippen molar-refractivity contribution in [1.29, 1.82) is 0 Å². The standard InChI is InChI=1S/C16H19NO5/c1-3-7-20-13-6-5-11(9-15(13)21-8-4-2)14-10-12(16(18)19)17-22-14/h5-6,9-10H,3-4,7-8H2,1-2H3,(H,18,19). The Balaban J connectivity index is 2.29. The summed E-state index contributed by atoms with van der Waals surface area (Å²) in [6, 6.07) is 6.73. The minimum Gasteiger partial charge on any atom is -0.490 e. The minimum atomic E-state index is -1.12. The Morgan fingerprint density at radius 1 is 1.14 bits per heavy atom. The van der Waals surface area contributed by atoms with Crippen LogP contribution in [0.2, 0.25) is 0 Å². The highest BCUT2D eigenvalue weighted by Crippen LogP contribution is 2.33. The van der Waals surface area contributed by atoms with Gasteiger partial charge in [0.15, 0.2) is 23.0 Å². The second-order valence-corrected chi connectivity index (χ2v) is 4.74. The van der Waals surface area contributed by atoms with Crippen LogP contribution in [-0.4, -0.2) is 29.4 Å². The molecule has 0 unspecified atom stereocenters. The van der Waals surface area contributed by atoms with Crippen molar-refractivity contribution in [3.8, 4) is 22.8 Å². The highest BCUT2D eigenvalue weighted by atomic mass is 16.5. The van der Waals surface area contributed by atoms with Crippen LogP contribution in [0.3, 0.4) is 0 Å². The van der Waals surface area contributed by atoms with Crippen LogP contribution >= 0.6 is 0 Å². The topological polar surface area (TPSA) is 81.8 Å². The summed E-state index contributed by atoms with van der Waals surface area (Å²) < 4.78 is 16.4. The second kappa shape index (κ2) is 7.49. The van der Waals surface area contributed by atoms with Gasteiger partial charge in [0.2, 0.25) is 0 Å². The van der Waals surface area contributed by atoms with Crippen molar-refractivity contribution < 1.29 is 23.9 Å². The van der Waals surface area contributed by atoms with E-state index in [1.54, 1.807) is 18.2 Å². The molecule has 1 N–H and O–H groups in total. The normalized spacial score (nSPS) is 10.5. The van der Waals surface area contributed by atoms with Crippen molar-refractivity contribution in [2.45, 2.75) is 26.7 Å². The maximum Gasteiger partial charge on any atom is 0.358 e. The molecule has 0 saturated carbocycles. The van der Waals surface area contributed by atoms with Crippen molar-refractivity contribution in [3.05, 3.63) is 30.0 Å². The Labute approximate surface area is 128 Å². The molecular weight excluding hydrogens is 286 g/mol. The van der Waals surface area contributed by atoms with Gasteiger partial charge >= 0.3 is 5.97 Å². The summed E-state index contributed by atoms with van der Waals surface area (Å²) in [7, 11) is 0. The molecule has 0 saturated heterocycles. The molecule has 2 aromatic rings. The van der Waals surface area contributed by atoms with E-state index in [4.69, 9.17) is 19.1 Å². The largest absolute Gasteiger partial charge is 0.490 e. The van der Waals surface area contributed by atoms with E-state index >= 15 is 0 Å². The van der Waals surface area contributed by atoms with Crippen LogP contribution in [0.15, 0.2) is 28.8 Å². The van der Waals surface area contributed by atoms with Crippen LogP contribution in [0.5, 0.6) is 11.5 Å². The van der Waals surface area contributed by atoms with Gasteiger partial charge in [0, 0.05) is 11.6 Å². The molecule has 0 aliphatic carbocycles. The monoisotopic (exact) mass is 305 g/mol. The smallest absolute Gasteiger partial charge is 0.358 e. The van der Waals surface area contributed by atoms with Gasteiger partial charge in [-0.15, -0.1) is 0 Å². The maximum absolute atomic E-state index is 10.9. The number of carboxylic acid groups (broad SMARTS) is 1. The fourth-order valence-electron chi connectivity index (χ4n) is 1.83. The van der Waals surface area contributed by atoms with Crippen molar-refractivity contribution >= 4 is 5.97 Å². The number of carboxylic acids is 1. The van der Waals surface area contributed by atoms with E-state index in [1.165, 1.54) is 6.07 Å². The summed E-state index contributed by atoms with van der Waals surface area (Å²) in [5, 5.41) is 12.4. The third-order valence-electron chi connectivity index (χ3n) is 2.88. The zero-order valence-electron chi connectivity index (χ0n) is 12.7. The van der Waals surface area contributed by atoms with Gasteiger partial charge in [-0.2, -0.15) is 0 Å². The second-order valence-electron chi connectivity index (χ2n) is 4.74. The van der Waals surface area contributed by atoms with Gasteiger partial charge < -0.3 is 19.1 Å². The lowest BCUT2D eigenvalue weighted by Crippen LogP contribution is -2.01. The number of carbonyl (C=O) groups is 1. The molecule has 0 fully saturated rings. The van der Waals surface area contributed by atoms with Crippen LogP contribution < -0.4 is 9.47 Å². The Bertz CT molecular complexity index is 635. The molecule has 6 nitrogen and oxygen atoms in total. The first-order valence-corrected chi connectivity index (χ1v) is 7.25. The van der Waals surface area contributed by atoms with Gasteiger partial charge in [0.05, 0.1) is 13.2 Å². The van der Waals surface area contributed by atoms with Crippen molar-refractivity contribution in [3.63, 3.8) is 0 Å². The number of hydrogen-bond donors (Lipinski definition) is 1. The first-order chi connectivity index (χ1) is 10.7. The van der Waals surface area contributed by atoms with Crippen molar-refractivity contribution in [2.75, 3.05) is 13.2 Å². The van der Waals surface area contributed by atoms with E-state index in [1.807, 2.05) is 13.8 Å². The third kappa shape index (κ3) is 3.78. The molecule has 0 amide bonds. The lowest BCUT2D eigenvalue weighted by Gasteiger charge is -2.12. The lowest BCUT2D eigenvalue weighted by molar-refractivity contribution is 0.0686. The van der Waals surface area contributed by atoms with Crippen LogP contribution in [0, 0.1) is 0 Å². The first-order valence-electron chi connectivity index (χ1n) is 7.25. The number of hydrogen-bond acceptors (Lipinski definition) is 5. The molecule has 0 radical (unpaired) electrons. The van der Waals surface area contributed by atoms with E-state index in [9.17, 15) is 4.79 Å². The van der Waals surface area contributed by atoms with E-state index in [-0.39, 0.29) is 5.69 Å². The zero-order chi connectivity index (χ0) is 15.9. The Hall–Kier alpha value is -2.50. The summed E-state index contributed by atoms with van der Waals surface area (Å²) in [6.07, 6.45) is 1.78. The molecule has 6 heteroatoms. The van der Waals surface area contributed by atoms with Gasteiger partial charge in [-0.25, -0.2) is 4.79 Å². The minimum absolute atomic E-state index is 0.127. The van der Waals surface area contributed by atoms with E-state index in [0.717, 1.165) is 12.8 Å². The Morgan fingerprint density at radius 3 is 2.41 bits per heavy atom. The number of aromatic carboxylic acids is 1. The molecule has 0 bridgehead atoms. The number of aromatic nitrogens is 1. The highest BCUT2D eigenvalue weighted by molar-refractivity contribution is 5.86. The highest BCUT2D eigenvalue weighted by Gasteiger charge is 2.14. The van der Waals surface area contributed by atoms with Gasteiger partial charge in [-0.1, -0.05) is 19.0 Å². The van der Waals surface area contributed by atoms with Crippen LogP contribution in [0.1, 0.15) is 37.2 Å². The molecule has 1 heterocycles. The predicted octanol–water partition coefficient (Wildman–Crippen LogP) is 3.62. The van der Waals surface area contributed by atoms with Crippen molar-refractivity contribution in [2.24, 2.45) is 0 Å². The zero-order valence-corrected chi connectivity index (χ0v) is 12.7. The Kier molecular flexibility index (Phi) is 5.41. The average Bonchev–Trinajstić information content (AvgIpc) is 3.01. The molecule has 22 heavy (non-hydrogen) atoms.